The molecule has 2 nitrogen and oxygen atoms in total. The molecule has 18 heavy (non-hydrogen) atoms. The van der Waals surface area contributed by atoms with Crippen molar-refractivity contribution in [2.75, 3.05) is 13.1 Å². The van der Waals surface area contributed by atoms with Crippen LogP contribution in [-0.2, 0) is 6.42 Å². The molecule has 0 aromatic heterocycles. The standard InChI is InChI=1S/C16H25NO/c1-13(2)12-17-9-5-6-14(3)10-15-7-4-8-16(18)11-15/h4,6-8,11,13,17-18H,5,9-10,12H2,1-3H3. The van der Waals surface area contributed by atoms with Crippen LogP contribution in [-0.4, -0.2) is 18.2 Å². The van der Waals surface area contributed by atoms with E-state index >= 15 is 0 Å². The van der Waals surface area contributed by atoms with Crippen molar-refractivity contribution < 1.29 is 5.11 Å². The molecule has 0 spiro atoms. The Morgan fingerprint density at radius 2 is 2.17 bits per heavy atom. The SMILES string of the molecule is CC(=CCCNCC(C)C)Cc1cccc(O)c1. The maximum atomic E-state index is 9.39. The zero-order valence-corrected chi connectivity index (χ0v) is 11.7. The summed E-state index contributed by atoms with van der Waals surface area (Å²) >= 11 is 0. The Labute approximate surface area is 111 Å². The molecular weight excluding hydrogens is 222 g/mol. The van der Waals surface area contributed by atoms with Crippen molar-refractivity contribution in [3.8, 4) is 5.75 Å². The van der Waals surface area contributed by atoms with Crippen LogP contribution in [0.5, 0.6) is 5.75 Å². The molecule has 0 unspecified atom stereocenters. The van der Waals surface area contributed by atoms with Crippen molar-refractivity contribution in [2.24, 2.45) is 5.92 Å². The molecule has 100 valence electrons. The van der Waals surface area contributed by atoms with E-state index in [0.29, 0.717) is 11.7 Å². The summed E-state index contributed by atoms with van der Waals surface area (Å²) in [4.78, 5) is 0. The number of hydrogen-bond donors (Lipinski definition) is 2. The summed E-state index contributed by atoms with van der Waals surface area (Å²) in [6, 6.07) is 7.48. The number of aromatic hydroxyl groups is 1. The summed E-state index contributed by atoms with van der Waals surface area (Å²) in [5.41, 5.74) is 2.52. The first kappa shape index (κ1) is 14.8. The van der Waals surface area contributed by atoms with Crippen molar-refractivity contribution in [2.45, 2.75) is 33.6 Å². The molecule has 0 aliphatic heterocycles. The summed E-state index contributed by atoms with van der Waals surface area (Å²) in [7, 11) is 0. The van der Waals surface area contributed by atoms with E-state index in [1.54, 1.807) is 6.07 Å². The van der Waals surface area contributed by atoms with Gasteiger partial charge in [0.15, 0.2) is 0 Å². The zero-order chi connectivity index (χ0) is 13.4. The van der Waals surface area contributed by atoms with Crippen LogP contribution in [0.3, 0.4) is 0 Å². The molecule has 0 fully saturated rings. The second-order valence-electron chi connectivity index (χ2n) is 5.28. The van der Waals surface area contributed by atoms with Crippen molar-refractivity contribution in [3.63, 3.8) is 0 Å². The first-order valence-electron chi connectivity index (χ1n) is 6.72. The van der Waals surface area contributed by atoms with Crippen LogP contribution in [0, 0.1) is 5.92 Å². The van der Waals surface area contributed by atoms with Gasteiger partial charge in [0.25, 0.3) is 0 Å². The van der Waals surface area contributed by atoms with Gasteiger partial charge >= 0.3 is 0 Å². The van der Waals surface area contributed by atoms with Crippen LogP contribution in [0.1, 0.15) is 32.8 Å². The molecule has 2 heteroatoms. The fraction of sp³-hybridized carbons (Fsp3) is 0.500. The smallest absolute Gasteiger partial charge is 0.115 e. The number of benzene rings is 1. The largest absolute Gasteiger partial charge is 0.508 e. The lowest BCUT2D eigenvalue weighted by Crippen LogP contribution is -2.20. The van der Waals surface area contributed by atoms with Gasteiger partial charge in [-0.15, -0.1) is 0 Å². The molecule has 0 bridgehead atoms. The molecule has 0 saturated heterocycles. The average molecular weight is 247 g/mol. The van der Waals surface area contributed by atoms with Gasteiger partial charge in [-0.2, -0.15) is 0 Å². The second-order valence-corrected chi connectivity index (χ2v) is 5.28. The van der Waals surface area contributed by atoms with E-state index in [0.717, 1.165) is 25.9 Å². The molecule has 0 heterocycles. The first-order chi connectivity index (χ1) is 8.58. The number of phenolic OH excluding ortho intramolecular Hbond substituents is 1. The third kappa shape index (κ3) is 6.45. The van der Waals surface area contributed by atoms with Crippen molar-refractivity contribution in [1.82, 2.24) is 5.32 Å². The minimum atomic E-state index is 0.346. The van der Waals surface area contributed by atoms with E-state index < -0.39 is 0 Å². The van der Waals surface area contributed by atoms with Gasteiger partial charge in [0.1, 0.15) is 5.75 Å². The zero-order valence-electron chi connectivity index (χ0n) is 11.7. The van der Waals surface area contributed by atoms with Gasteiger partial charge < -0.3 is 10.4 Å². The lowest BCUT2D eigenvalue weighted by molar-refractivity contribution is 0.474. The molecule has 1 aromatic carbocycles. The maximum absolute atomic E-state index is 9.39. The molecule has 0 aliphatic rings. The predicted octanol–water partition coefficient (Wildman–Crippen LogP) is 3.52. The first-order valence-corrected chi connectivity index (χ1v) is 6.72. The quantitative estimate of drug-likeness (QED) is 0.571. The van der Waals surface area contributed by atoms with Gasteiger partial charge in [0.05, 0.1) is 0 Å². The summed E-state index contributed by atoms with van der Waals surface area (Å²) in [6.45, 7) is 8.70. The Morgan fingerprint density at radius 3 is 2.83 bits per heavy atom. The monoisotopic (exact) mass is 247 g/mol. The van der Waals surface area contributed by atoms with Crippen LogP contribution in [0.25, 0.3) is 0 Å². The maximum Gasteiger partial charge on any atom is 0.115 e. The van der Waals surface area contributed by atoms with Crippen LogP contribution in [0.2, 0.25) is 0 Å². The highest BCUT2D eigenvalue weighted by Gasteiger charge is 1.96. The van der Waals surface area contributed by atoms with Crippen molar-refractivity contribution in [1.29, 1.82) is 0 Å². The van der Waals surface area contributed by atoms with Gasteiger partial charge in [-0.05, 0) is 56.5 Å². The number of phenols is 1. The normalized spacial score (nSPS) is 12.1. The minimum Gasteiger partial charge on any atom is -0.508 e. The third-order valence-corrected chi connectivity index (χ3v) is 2.76. The highest BCUT2D eigenvalue weighted by atomic mass is 16.3. The third-order valence-electron chi connectivity index (χ3n) is 2.76. The lowest BCUT2D eigenvalue weighted by Gasteiger charge is -2.06. The Balaban J connectivity index is 2.29. The van der Waals surface area contributed by atoms with Crippen LogP contribution in [0.4, 0.5) is 0 Å². The van der Waals surface area contributed by atoms with E-state index in [2.05, 4.69) is 32.2 Å². The average Bonchev–Trinajstić information content (AvgIpc) is 2.28. The second kappa shape index (κ2) is 7.93. The number of allylic oxidation sites excluding steroid dienone is 1. The van der Waals surface area contributed by atoms with Crippen LogP contribution >= 0.6 is 0 Å². The fourth-order valence-electron chi connectivity index (χ4n) is 1.87. The minimum absolute atomic E-state index is 0.346. The highest BCUT2D eigenvalue weighted by Crippen LogP contribution is 2.14. The molecule has 2 N–H and O–H groups in total. The van der Waals surface area contributed by atoms with Crippen molar-refractivity contribution >= 4 is 0 Å². The van der Waals surface area contributed by atoms with Gasteiger partial charge in [-0.3, -0.25) is 0 Å². The van der Waals surface area contributed by atoms with Gasteiger partial charge in [0, 0.05) is 0 Å². The Bertz CT molecular complexity index is 382. The Kier molecular flexibility index (Phi) is 6.51. The van der Waals surface area contributed by atoms with E-state index in [4.69, 9.17) is 0 Å². The van der Waals surface area contributed by atoms with E-state index in [9.17, 15) is 5.11 Å². The lowest BCUT2D eigenvalue weighted by atomic mass is 10.1. The molecule has 0 aliphatic carbocycles. The topological polar surface area (TPSA) is 32.3 Å². The molecular formula is C16H25NO. The van der Waals surface area contributed by atoms with Crippen molar-refractivity contribution in [3.05, 3.63) is 41.5 Å². The van der Waals surface area contributed by atoms with Crippen LogP contribution in [0.15, 0.2) is 35.9 Å². The molecule has 0 radical (unpaired) electrons. The highest BCUT2D eigenvalue weighted by molar-refractivity contribution is 5.29. The fourth-order valence-corrected chi connectivity index (χ4v) is 1.87. The van der Waals surface area contributed by atoms with E-state index in [-0.39, 0.29) is 0 Å². The summed E-state index contributed by atoms with van der Waals surface area (Å²) in [5.74, 6) is 1.06. The summed E-state index contributed by atoms with van der Waals surface area (Å²) < 4.78 is 0. The Morgan fingerprint density at radius 1 is 1.39 bits per heavy atom. The number of rotatable bonds is 7. The van der Waals surface area contributed by atoms with Gasteiger partial charge in [-0.1, -0.05) is 37.6 Å². The number of nitrogens with one attached hydrogen (secondary N) is 1. The summed E-state index contributed by atoms with van der Waals surface area (Å²) in [6.07, 6.45) is 4.26. The number of hydrogen-bond acceptors (Lipinski definition) is 2. The molecule has 0 atom stereocenters. The molecule has 1 aromatic rings. The molecule has 0 amide bonds. The molecule has 1 rings (SSSR count). The predicted molar refractivity (Wildman–Crippen MR) is 77.9 cm³/mol. The van der Waals surface area contributed by atoms with Gasteiger partial charge in [-0.25, -0.2) is 0 Å². The summed E-state index contributed by atoms with van der Waals surface area (Å²) in [5, 5.41) is 12.8. The van der Waals surface area contributed by atoms with E-state index in [1.807, 2.05) is 18.2 Å². The van der Waals surface area contributed by atoms with Crippen LogP contribution < -0.4 is 5.32 Å². The Hall–Kier alpha value is -1.28. The van der Waals surface area contributed by atoms with E-state index in [1.165, 1.54) is 11.1 Å². The molecule has 0 saturated carbocycles. The van der Waals surface area contributed by atoms with Gasteiger partial charge in [0.2, 0.25) is 0 Å².